The van der Waals surface area contributed by atoms with Crippen molar-refractivity contribution in [2.24, 2.45) is 17.8 Å². The first-order valence-corrected chi connectivity index (χ1v) is 8.49. The Bertz CT molecular complexity index is 287. The minimum Gasteiger partial charge on any atom is -0.314 e. The van der Waals surface area contributed by atoms with Crippen molar-refractivity contribution in [1.29, 1.82) is 0 Å². The highest BCUT2D eigenvalue weighted by atomic mass is 15.2. The second kappa shape index (κ2) is 5.01. The molecule has 2 N–H and O–H groups in total. The molecule has 0 aromatic heterocycles. The van der Waals surface area contributed by atoms with Crippen LogP contribution in [0.1, 0.15) is 38.5 Å². The van der Waals surface area contributed by atoms with E-state index in [1.807, 2.05) is 0 Å². The number of nitrogens with zero attached hydrogens (tertiary/aromatic N) is 1. The van der Waals surface area contributed by atoms with Crippen LogP contribution in [-0.2, 0) is 0 Å². The number of rotatable bonds is 4. The van der Waals surface area contributed by atoms with Crippen molar-refractivity contribution >= 4 is 0 Å². The Kier molecular flexibility index (Phi) is 3.33. The molecule has 0 aromatic rings. The number of hydrogen-bond acceptors (Lipinski definition) is 3. The highest BCUT2D eigenvalue weighted by Gasteiger charge is 2.50. The summed E-state index contributed by atoms with van der Waals surface area (Å²) >= 11 is 0. The van der Waals surface area contributed by atoms with Crippen molar-refractivity contribution in [3.8, 4) is 0 Å². The normalized spacial score (nSPS) is 45.8. The van der Waals surface area contributed by atoms with Gasteiger partial charge in [0.25, 0.3) is 0 Å². The Labute approximate surface area is 117 Å². The molecule has 4 saturated carbocycles. The fourth-order valence-electron chi connectivity index (χ4n) is 5.74. The smallest absolute Gasteiger partial charge is 0.0190 e. The molecule has 108 valence electrons. The van der Waals surface area contributed by atoms with Gasteiger partial charge in [-0.1, -0.05) is 0 Å². The number of hydrogen-bond donors (Lipinski definition) is 2. The van der Waals surface area contributed by atoms with Gasteiger partial charge in [0.05, 0.1) is 0 Å². The van der Waals surface area contributed by atoms with E-state index in [0.29, 0.717) is 5.54 Å². The van der Waals surface area contributed by atoms with Crippen molar-refractivity contribution < 1.29 is 0 Å². The van der Waals surface area contributed by atoms with Gasteiger partial charge in [0.2, 0.25) is 0 Å². The first kappa shape index (κ1) is 12.6. The maximum Gasteiger partial charge on any atom is 0.0190 e. The third kappa shape index (κ3) is 2.57. The summed E-state index contributed by atoms with van der Waals surface area (Å²) in [5.74, 6) is 3.20. The average Bonchev–Trinajstić information content (AvgIpc) is 2.38. The van der Waals surface area contributed by atoms with Crippen molar-refractivity contribution in [3.05, 3.63) is 0 Å². The molecule has 19 heavy (non-hydrogen) atoms. The monoisotopic (exact) mass is 263 g/mol. The van der Waals surface area contributed by atoms with Gasteiger partial charge in [0.15, 0.2) is 0 Å². The lowest BCUT2D eigenvalue weighted by molar-refractivity contribution is -0.0204. The molecule has 5 aliphatic rings. The van der Waals surface area contributed by atoms with E-state index < -0.39 is 0 Å². The molecule has 3 nitrogen and oxygen atoms in total. The first-order valence-electron chi connectivity index (χ1n) is 8.49. The van der Waals surface area contributed by atoms with Gasteiger partial charge < -0.3 is 10.6 Å². The summed E-state index contributed by atoms with van der Waals surface area (Å²) < 4.78 is 0. The van der Waals surface area contributed by atoms with Gasteiger partial charge in [-0.05, 0) is 56.3 Å². The van der Waals surface area contributed by atoms with E-state index in [0.717, 1.165) is 17.8 Å². The molecule has 0 aromatic carbocycles. The average molecular weight is 263 g/mol. The molecule has 5 fully saturated rings. The number of piperazine rings is 1. The van der Waals surface area contributed by atoms with Crippen molar-refractivity contribution in [2.75, 3.05) is 39.3 Å². The van der Waals surface area contributed by atoms with Crippen molar-refractivity contribution in [2.45, 2.75) is 44.1 Å². The van der Waals surface area contributed by atoms with Crippen molar-refractivity contribution in [3.63, 3.8) is 0 Å². The lowest BCUT2D eigenvalue weighted by Gasteiger charge is -2.57. The van der Waals surface area contributed by atoms with Crippen LogP contribution in [0.5, 0.6) is 0 Å². The fourth-order valence-corrected chi connectivity index (χ4v) is 5.74. The van der Waals surface area contributed by atoms with E-state index in [-0.39, 0.29) is 0 Å². The van der Waals surface area contributed by atoms with Gasteiger partial charge >= 0.3 is 0 Å². The minimum absolute atomic E-state index is 0.558. The molecule has 3 heteroatoms. The highest BCUT2D eigenvalue weighted by Crippen LogP contribution is 2.55. The van der Waals surface area contributed by atoms with Crippen LogP contribution in [0.3, 0.4) is 0 Å². The zero-order valence-corrected chi connectivity index (χ0v) is 12.2. The molecule has 0 spiro atoms. The van der Waals surface area contributed by atoms with Crippen LogP contribution >= 0.6 is 0 Å². The molecule has 5 rings (SSSR count). The van der Waals surface area contributed by atoms with E-state index in [2.05, 4.69) is 15.5 Å². The SMILES string of the molecule is C1CN(CCNC23CC4CC(CC(C4)C2)C3)CCN1. The quantitative estimate of drug-likeness (QED) is 0.804. The first-order chi connectivity index (χ1) is 9.31. The van der Waals surface area contributed by atoms with Crippen LogP contribution in [-0.4, -0.2) is 49.7 Å². The van der Waals surface area contributed by atoms with Crippen LogP contribution in [0.2, 0.25) is 0 Å². The second-order valence-electron chi connectivity index (χ2n) is 7.72. The maximum atomic E-state index is 4.01. The fraction of sp³-hybridized carbons (Fsp3) is 1.00. The Morgan fingerprint density at radius 2 is 1.53 bits per heavy atom. The molecule has 1 heterocycles. The largest absolute Gasteiger partial charge is 0.314 e. The maximum absolute atomic E-state index is 4.01. The molecule has 1 aliphatic heterocycles. The lowest BCUT2D eigenvalue weighted by atomic mass is 9.53. The zero-order valence-electron chi connectivity index (χ0n) is 12.2. The highest BCUT2D eigenvalue weighted by molar-refractivity contribution is 5.06. The van der Waals surface area contributed by atoms with Crippen LogP contribution in [0.15, 0.2) is 0 Å². The molecule has 0 amide bonds. The molecule has 4 bridgehead atoms. The molecular weight excluding hydrogens is 234 g/mol. The summed E-state index contributed by atoms with van der Waals surface area (Å²) in [6, 6.07) is 0. The Morgan fingerprint density at radius 1 is 0.947 bits per heavy atom. The number of nitrogens with one attached hydrogen (secondary N) is 2. The summed E-state index contributed by atoms with van der Waals surface area (Å²) in [5, 5.41) is 7.45. The summed E-state index contributed by atoms with van der Waals surface area (Å²) in [4.78, 5) is 2.62. The van der Waals surface area contributed by atoms with E-state index in [9.17, 15) is 0 Å². The predicted molar refractivity (Wildman–Crippen MR) is 78.2 cm³/mol. The summed E-state index contributed by atoms with van der Waals surface area (Å²) in [6.07, 6.45) is 9.12. The predicted octanol–water partition coefficient (Wildman–Crippen LogP) is 1.45. The molecule has 4 aliphatic carbocycles. The summed E-state index contributed by atoms with van der Waals surface area (Å²) in [7, 11) is 0. The van der Waals surface area contributed by atoms with E-state index in [4.69, 9.17) is 0 Å². The lowest BCUT2D eigenvalue weighted by Crippen LogP contribution is -2.59. The van der Waals surface area contributed by atoms with E-state index >= 15 is 0 Å². The molecule has 1 saturated heterocycles. The van der Waals surface area contributed by atoms with Crippen LogP contribution in [0.4, 0.5) is 0 Å². The molecule has 0 radical (unpaired) electrons. The van der Waals surface area contributed by atoms with Gasteiger partial charge in [-0.15, -0.1) is 0 Å². The van der Waals surface area contributed by atoms with Gasteiger partial charge in [-0.25, -0.2) is 0 Å². The summed E-state index contributed by atoms with van der Waals surface area (Å²) in [5.41, 5.74) is 0.558. The molecular formula is C16H29N3. The van der Waals surface area contributed by atoms with Crippen LogP contribution in [0.25, 0.3) is 0 Å². The zero-order chi connectivity index (χ0) is 12.7. The van der Waals surface area contributed by atoms with Crippen molar-refractivity contribution in [1.82, 2.24) is 15.5 Å². The third-order valence-electron chi connectivity index (χ3n) is 6.18. The molecule has 0 unspecified atom stereocenters. The Morgan fingerprint density at radius 3 is 2.11 bits per heavy atom. The van der Waals surface area contributed by atoms with Crippen LogP contribution < -0.4 is 10.6 Å². The molecule has 0 atom stereocenters. The van der Waals surface area contributed by atoms with E-state index in [1.54, 1.807) is 19.3 Å². The topological polar surface area (TPSA) is 27.3 Å². The van der Waals surface area contributed by atoms with Gasteiger partial charge in [-0.2, -0.15) is 0 Å². The van der Waals surface area contributed by atoms with Gasteiger partial charge in [0.1, 0.15) is 0 Å². The standard InChI is InChI=1S/C16H29N3/c1-4-19(5-2-17-1)6-3-18-16-10-13-7-14(11-16)9-15(8-13)12-16/h13-15,17-18H,1-12H2. The summed E-state index contributed by atoms with van der Waals surface area (Å²) in [6.45, 7) is 7.30. The Balaban J connectivity index is 1.30. The third-order valence-corrected chi connectivity index (χ3v) is 6.18. The second-order valence-corrected chi connectivity index (χ2v) is 7.72. The van der Waals surface area contributed by atoms with E-state index in [1.165, 1.54) is 58.5 Å². The minimum atomic E-state index is 0.558. The van der Waals surface area contributed by atoms with Crippen LogP contribution in [0, 0.1) is 17.8 Å². The van der Waals surface area contributed by atoms with Gasteiger partial charge in [-0.3, -0.25) is 4.90 Å². The van der Waals surface area contributed by atoms with Gasteiger partial charge in [0, 0.05) is 44.8 Å². The Hall–Kier alpha value is -0.120.